The number of rotatable bonds is 2. The molecule has 0 bridgehead atoms. The van der Waals surface area contributed by atoms with Crippen LogP contribution in [0.1, 0.15) is 5.56 Å². The van der Waals surface area contributed by atoms with E-state index in [0.717, 1.165) is 5.56 Å². The Morgan fingerprint density at radius 2 is 1.90 bits per heavy atom. The topological polar surface area (TPSA) is 124 Å². The molecule has 2 heterocycles. The Kier molecular flexibility index (Phi) is 2.80. The van der Waals surface area contributed by atoms with Gasteiger partial charge in [-0.25, -0.2) is 13.2 Å². The number of fused-ring (bicyclic) bond motifs is 1. The van der Waals surface area contributed by atoms with Crippen LogP contribution in [0.2, 0.25) is 0 Å². The molecule has 3 rings (SSSR count). The molecule has 3 N–H and O–H groups in total. The summed E-state index contributed by atoms with van der Waals surface area (Å²) in [7, 11) is -4.11. The van der Waals surface area contributed by atoms with Crippen molar-refractivity contribution >= 4 is 26.9 Å². The minimum atomic E-state index is -4.11. The molecule has 8 nitrogen and oxygen atoms in total. The normalized spacial score (nSPS) is 11.9. The molecule has 2 aromatic heterocycles. The molecule has 1 aromatic carbocycles. The lowest BCUT2D eigenvalue weighted by molar-refractivity contribution is 0.585. The molecule has 0 radical (unpaired) electrons. The van der Waals surface area contributed by atoms with Crippen LogP contribution >= 0.6 is 0 Å². The number of nitrogens with one attached hydrogen (secondary N) is 1. The summed E-state index contributed by atoms with van der Waals surface area (Å²) in [4.78, 5) is 15.6. The van der Waals surface area contributed by atoms with Crippen molar-refractivity contribution in [3.8, 4) is 0 Å². The van der Waals surface area contributed by atoms with Crippen molar-refractivity contribution < 1.29 is 8.42 Å². The first kappa shape index (κ1) is 13.3. The predicted octanol–water partition coefficient (Wildman–Crippen LogP) is 0.247. The number of hydrogen-bond acceptors (Lipinski definition) is 6. The lowest BCUT2D eigenvalue weighted by atomic mass is 10.2. The van der Waals surface area contributed by atoms with Gasteiger partial charge in [0.25, 0.3) is 10.0 Å². The second kappa shape index (κ2) is 4.42. The Balaban J connectivity index is 2.33. The molecule has 0 aliphatic carbocycles. The summed E-state index contributed by atoms with van der Waals surface area (Å²) in [6, 6.07) is 6.10. The highest BCUT2D eigenvalue weighted by molar-refractivity contribution is 7.90. The molecule has 0 atom stereocenters. The first-order valence-corrected chi connectivity index (χ1v) is 7.39. The Bertz CT molecular complexity index is 986. The van der Waals surface area contributed by atoms with Crippen molar-refractivity contribution in [2.75, 3.05) is 5.73 Å². The molecule has 0 amide bonds. The number of anilines is 1. The lowest BCUT2D eigenvalue weighted by Gasteiger charge is -2.10. The molecule has 0 saturated heterocycles. The highest BCUT2D eigenvalue weighted by Gasteiger charge is 2.23. The van der Waals surface area contributed by atoms with Crippen molar-refractivity contribution in [1.29, 1.82) is 0 Å². The third-order valence-corrected chi connectivity index (χ3v) is 4.76. The second-order valence-corrected chi connectivity index (χ2v) is 6.28. The van der Waals surface area contributed by atoms with Crippen LogP contribution in [0, 0.1) is 6.92 Å². The van der Waals surface area contributed by atoms with E-state index >= 15 is 0 Å². The first-order chi connectivity index (χ1) is 9.91. The third-order valence-electron chi connectivity index (χ3n) is 3.05. The predicted molar refractivity (Wildman–Crippen MR) is 76.3 cm³/mol. The quantitative estimate of drug-likeness (QED) is 0.699. The molecular formula is C12H11N5O3S. The number of aryl methyl sites for hydroxylation is 1. The van der Waals surface area contributed by atoms with E-state index in [1.54, 1.807) is 12.1 Å². The van der Waals surface area contributed by atoms with Gasteiger partial charge in [0, 0.05) is 0 Å². The summed E-state index contributed by atoms with van der Waals surface area (Å²) in [6.45, 7) is 1.83. The van der Waals surface area contributed by atoms with E-state index < -0.39 is 15.7 Å². The van der Waals surface area contributed by atoms with E-state index in [2.05, 4.69) is 15.2 Å². The monoisotopic (exact) mass is 305 g/mol. The number of nitrogens with two attached hydrogens (primary N) is 1. The highest BCUT2D eigenvalue weighted by atomic mass is 32.2. The van der Waals surface area contributed by atoms with Crippen molar-refractivity contribution in [3.05, 3.63) is 46.5 Å². The van der Waals surface area contributed by atoms with Crippen molar-refractivity contribution in [2.24, 2.45) is 0 Å². The Hall–Kier alpha value is -2.68. The fourth-order valence-corrected chi connectivity index (χ4v) is 3.25. The number of nitrogens with zero attached hydrogens (tertiary/aromatic N) is 3. The van der Waals surface area contributed by atoms with Gasteiger partial charge in [0.15, 0.2) is 5.65 Å². The molecule has 9 heteroatoms. The van der Waals surface area contributed by atoms with Gasteiger partial charge in [0.1, 0.15) is 5.82 Å². The number of H-pyrrole nitrogens is 1. The standard InChI is InChI=1S/C12H11N5O3S/c1-7-2-4-8(5-3-7)21(19,20)17-10(13)9-6-14-16-11(9)15-12(17)18/h2-6H,13H2,1H3,(H,15,16,18). The first-order valence-electron chi connectivity index (χ1n) is 5.95. The van der Waals surface area contributed by atoms with Gasteiger partial charge in [-0.15, -0.1) is 0 Å². The second-order valence-electron chi connectivity index (χ2n) is 4.49. The van der Waals surface area contributed by atoms with Crippen LogP contribution in [0.25, 0.3) is 11.0 Å². The smallest absolute Gasteiger partial charge is 0.365 e. The van der Waals surface area contributed by atoms with Crippen LogP contribution in [-0.4, -0.2) is 27.6 Å². The summed E-state index contributed by atoms with van der Waals surface area (Å²) >= 11 is 0. The summed E-state index contributed by atoms with van der Waals surface area (Å²) < 4.78 is 25.6. The molecule has 108 valence electrons. The van der Waals surface area contributed by atoms with Gasteiger partial charge >= 0.3 is 5.69 Å². The zero-order chi connectivity index (χ0) is 15.2. The molecule has 0 aliphatic rings. The Morgan fingerprint density at radius 3 is 2.57 bits per heavy atom. The number of hydrogen-bond donors (Lipinski definition) is 2. The van der Waals surface area contributed by atoms with Gasteiger partial charge in [0.05, 0.1) is 16.5 Å². The summed E-state index contributed by atoms with van der Waals surface area (Å²) in [5.41, 5.74) is 5.87. The van der Waals surface area contributed by atoms with Crippen LogP contribution in [0.4, 0.5) is 5.82 Å². The van der Waals surface area contributed by atoms with E-state index in [4.69, 9.17) is 5.73 Å². The molecule has 0 aliphatic heterocycles. The maximum Gasteiger partial charge on any atom is 0.365 e. The molecule has 21 heavy (non-hydrogen) atoms. The number of aromatic amines is 1. The number of nitrogen functional groups attached to an aromatic ring is 1. The van der Waals surface area contributed by atoms with Crippen LogP contribution < -0.4 is 11.4 Å². The van der Waals surface area contributed by atoms with Gasteiger partial charge in [-0.05, 0) is 19.1 Å². The molecule has 0 fully saturated rings. The Labute approximate surface area is 119 Å². The molecular weight excluding hydrogens is 294 g/mol. The number of benzene rings is 1. The van der Waals surface area contributed by atoms with Crippen molar-refractivity contribution in [3.63, 3.8) is 0 Å². The fraction of sp³-hybridized carbons (Fsp3) is 0.0833. The maximum atomic E-state index is 12.6. The molecule has 0 unspecified atom stereocenters. The van der Waals surface area contributed by atoms with Crippen LogP contribution in [0.5, 0.6) is 0 Å². The fourth-order valence-electron chi connectivity index (χ4n) is 1.95. The summed E-state index contributed by atoms with van der Waals surface area (Å²) in [5.74, 6) is -0.223. The van der Waals surface area contributed by atoms with Gasteiger partial charge in [-0.2, -0.15) is 14.1 Å². The largest absolute Gasteiger partial charge is 0.383 e. The molecule has 0 spiro atoms. The average Bonchev–Trinajstić information content (AvgIpc) is 2.87. The highest BCUT2D eigenvalue weighted by Crippen LogP contribution is 2.20. The summed E-state index contributed by atoms with van der Waals surface area (Å²) in [5, 5.41) is 6.44. The van der Waals surface area contributed by atoms with Gasteiger partial charge in [-0.3, -0.25) is 5.10 Å². The van der Waals surface area contributed by atoms with E-state index in [9.17, 15) is 13.2 Å². The molecule has 0 saturated carbocycles. The van der Waals surface area contributed by atoms with E-state index in [1.165, 1.54) is 18.3 Å². The maximum absolute atomic E-state index is 12.6. The van der Waals surface area contributed by atoms with Crippen LogP contribution in [-0.2, 0) is 10.0 Å². The minimum Gasteiger partial charge on any atom is -0.383 e. The molecule has 3 aromatic rings. The van der Waals surface area contributed by atoms with E-state index in [1.807, 2.05) is 6.92 Å². The Morgan fingerprint density at radius 1 is 1.24 bits per heavy atom. The van der Waals surface area contributed by atoms with E-state index in [0.29, 0.717) is 3.97 Å². The van der Waals surface area contributed by atoms with Crippen LogP contribution in [0.3, 0.4) is 0 Å². The van der Waals surface area contributed by atoms with Crippen LogP contribution in [0.15, 0.2) is 40.2 Å². The van der Waals surface area contributed by atoms with Crippen molar-refractivity contribution in [2.45, 2.75) is 11.8 Å². The van der Waals surface area contributed by atoms with E-state index in [-0.39, 0.29) is 21.7 Å². The SMILES string of the molecule is Cc1ccc(S(=O)(=O)n2c(N)c3cn[nH]c3nc2=O)cc1. The minimum absolute atomic E-state index is 0.0356. The zero-order valence-corrected chi connectivity index (χ0v) is 11.8. The van der Waals surface area contributed by atoms with Gasteiger partial charge < -0.3 is 5.73 Å². The summed E-state index contributed by atoms with van der Waals surface area (Å²) in [6.07, 6.45) is 1.32. The lowest BCUT2D eigenvalue weighted by Crippen LogP contribution is -2.31. The zero-order valence-electron chi connectivity index (χ0n) is 10.9. The van der Waals surface area contributed by atoms with Gasteiger partial charge in [-0.1, -0.05) is 17.7 Å². The van der Waals surface area contributed by atoms with Gasteiger partial charge in [0.2, 0.25) is 0 Å². The average molecular weight is 305 g/mol. The third kappa shape index (κ3) is 1.98. The van der Waals surface area contributed by atoms with Crippen molar-refractivity contribution in [1.82, 2.24) is 19.2 Å². The number of aromatic nitrogens is 4.